The van der Waals surface area contributed by atoms with Crippen LogP contribution in [0.3, 0.4) is 0 Å². The molecule has 1 aromatic rings. The number of hydrogen-bond acceptors (Lipinski definition) is 2. The van der Waals surface area contributed by atoms with E-state index in [1.165, 1.54) is 0 Å². The average molecular weight is 354 g/mol. The zero-order valence-corrected chi connectivity index (χ0v) is 13.6. The second-order valence-electron chi connectivity index (χ2n) is 5.44. The predicted octanol–water partition coefficient (Wildman–Crippen LogP) is 2.28. The molecule has 1 aliphatic rings. The van der Waals surface area contributed by atoms with Crippen LogP contribution in [-0.4, -0.2) is 36.5 Å². The largest absolute Gasteiger partial charge is 0.352 e. The number of carbonyl (C=O) groups is 2. The van der Waals surface area contributed by atoms with Gasteiger partial charge in [-0.2, -0.15) is 0 Å². The molecule has 1 saturated heterocycles. The van der Waals surface area contributed by atoms with E-state index >= 15 is 0 Å². The predicted molar refractivity (Wildman–Crippen MR) is 85.1 cm³/mol. The number of piperidine rings is 1. The molecule has 1 aliphatic heterocycles. The third kappa shape index (κ3) is 3.97. The van der Waals surface area contributed by atoms with Crippen molar-refractivity contribution in [1.82, 2.24) is 10.2 Å². The summed E-state index contributed by atoms with van der Waals surface area (Å²) >= 11 is 3.49. The average Bonchev–Trinajstić information content (AvgIpc) is 2.47. The van der Waals surface area contributed by atoms with Gasteiger partial charge in [0, 0.05) is 24.1 Å². The number of aryl methyl sites for hydroxylation is 1. The maximum Gasteiger partial charge on any atom is 0.312 e. The van der Waals surface area contributed by atoms with Gasteiger partial charge in [0.05, 0.1) is 5.56 Å². The molecule has 0 spiro atoms. The van der Waals surface area contributed by atoms with Crippen molar-refractivity contribution in [3.63, 3.8) is 0 Å². The monoisotopic (exact) mass is 353 g/mol. The Morgan fingerprint density at radius 3 is 2.95 bits per heavy atom. The van der Waals surface area contributed by atoms with Crippen LogP contribution in [0.1, 0.15) is 28.8 Å². The van der Waals surface area contributed by atoms with Gasteiger partial charge < -0.3 is 16.0 Å². The van der Waals surface area contributed by atoms with E-state index in [1.54, 1.807) is 0 Å². The van der Waals surface area contributed by atoms with Crippen molar-refractivity contribution in [1.29, 1.82) is 0 Å². The maximum atomic E-state index is 12.6. The van der Waals surface area contributed by atoms with Crippen molar-refractivity contribution in [2.75, 3.05) is 19.6 Å². The number of urea groups is 1. The number of benzene rings is 1. The maximum absolute atomic E-state index is 12.6. The van der Waals surface area contributed by atoms with E-state index < -0.39 is 6.03 Å². The molecule has 1 fully saturated rings. The van der Waals surface area contributed by atoms with Gasteiger partial charge in [-0.15, -0.1) is 0 Å². The fraction of sp³-hybridized carbons (Fsp3) is 0.467. The summed E-state index contributed by atoms with van der Waals surface area (Å²) in [6, 6.07) is 5.19. The molecule has 1 unspecified atom stereocenters. The summed E-state index contributed by atoms with van der Waals surface area (Å²) in [5.74, 6) is 0.299. The number of rotatable bonds is 3. The molecule has 114 valence electrons. The van der Waals surface area contributed by atoms with Gasteiger partial charge in [-0.05, 0) is 53.2 Å². The molecular weight excluding hydrogens is 334 g/mol. The fourth-order valence-corrected chi connectivity index (χ4v) is 3.08. The smallest absolute Gasteiger partial charge is 0.312 e. The van der Waals surface area contributed by atoms with Crippen LogP contribution in [0.25, 0.3) is 0 Å². The molecular formula is C15H20BrN3O2. The van der Waals surface area contributed by atoms with E-state index in [1.807, 2.05) is 30.0 Å². The van der Waals surface area contributed by atoms with E-state index in [-0.39, 0.29) is 11.8 Å². The number of nitrogens with two attached hydrogens (primary N) is 1. The van der Waals surface area contributed by atoms with Crippen molar-refractivity contribution >= 4 is 27.9 Å². The molecule has 1 heterocycles. The summed E-state index contributed by atoms with van der Waals surface area (Å²) in [6.45, 7) is 3.90. The standard InChI is InChI=1S/C15H20BrN3O2/c1-10-4-2-6-12(13(10)16)14(20)19-7-3-5-11(9-19)8-18-15(17)21/h2,4,6,11H,3,5,7-9H2,1H3,(H3,17,18,21). The highest BCUT2D eigenvalue weighted by Crippen LogP contribution is 2.25. The van der Waals surface area contributed by atoms with Gasteiger partial charge in [0.1, 0.15) is 0 Å². The number of hydrogen-bond donors (Lipinski definition) is 2. The first kappa shape index (κ1) is 15.8. The summed E-state index contributed by atoms with van der Waals surface area (Å²) < 4.78 is 0.854. The molecule has 0 aliphatic carbocycles. The second kappa shape index (κ2) is 6.93. The van der Waals surface area contributed by atoms with Crippen LogP contribution in [0, 0.1) is 12.8 Å². The number of likely N-dealkylation sites (tertiary alicyclic amines) is 1. The molecule has 0 bridgehead atoms. The van der Waals surface area contributed by atoms with Crippen LogP contribution in [0.4, 0.5) is 4.79 Å². The minimum absolute atomic E-state index is 0.0364. The molecule has 1 atom stereocenters. The minimum atomic E-state index is -0.514. The highest BCUT2D eigenvalue weighted by Gasteiger charge is 2.25. The van der Waals surface area contributed by atoms with Gasteiger partial charge in [0.15, 0.2) is 0 Å². The first-order valence-electron chi connectivity index (χ1n) is 7.06. The Balaban J connectivity index is 2.05. The summed E-state index contributed by atoms with van der Waals surface area (Å²) in [4.78, 5) is 25.3. The van der Waals surface area contributed by atoms with Crippen LogP contribution in [0.15, 0.2) is 22.7 Å². The van der Waals surface area contributed by atoms with Gasteiger partial charge in [-0.3, -0.25) is 4.79 Å². The Kier molecular flexibility index (Phi) is 5.22. The topological polar surface area (TPSA) is 75.4 Å². The number of halogens is 1. The van der Waals surface area contributed by atoms with Crippen LogP contribution in [0.2, 0.25) is 0 Å². The Morgan fingerprint density at radius 1 is 1.48 bits per heavy atom. The number of amides is 3. The number of primary amides is 1. The molecule has 5 nitrogen and oxygen atoms in total. The van der Waals surface area contributed by atoms with E-state index in [2.05, 4.69) is 21.2 Å². The lowest BCUT2D eigenvalue weighted by Crippen LogP contribution is -2.44. The molecule has 2 rings (SSSR count). The Labute approximate surface area is 133 Å². The Morgan fingerprint density at radius 2 is 2.24 bits per heavy atom. The minimum Gasteiger partial charge on any atom is -0.352 e. The SMILES string of the molecule is Cc1cccc(C(=O)N2CCCC(CNC(N)=O)C2)c1Br. The third-order valence-corrected chi connectivity index (χ3v) is 4.85. The molecule has 0 saturated carbocycles. The van der Waals surface area contributed by atoms with Gasteiger partial charge >= 0.3 is 6.03 Å². The third-order valence-electron chi connectivity index (χ3n) is 3.79. The number of carbonyl (C=O) groups excluding carboxylic acids is 2. The first-order valence-corrected chi connectivity index (χ1v) is 7.86. The molecule has 3 N–H and O–H groups in total. The lowest BCUT2D eigenvalue weighted by atomic mass is 9.97. The van der Waals surface area contributed by atoms with Crippen molar-refractivity contribution in [3.8, 4) is 0 Å². The van der Waals surface area contributed by atoms with Crippen LogP contribution in [-0.2, 0) is 0 Å². The Hall–Kier alpha value is -1.56. The molecule has 3 amide bonds. The van der Waals surface area contributed by atoms with Crippen molar-refractivity contribution in [2.45, 2.75) is 19.8 Å². The quantitative estimate of drug-likeness (QED) is 0.874. The molecule has 0 radical (unpaired) electrons. The van der Waals surface area contributed by atoms with E-state index in [0.29, 0.717) is 18.7 Å². The van der Waals surface area contributed by atoms with Crippen molar-refractivity contribution < 1.29 is 9.59 Å². The van der Waals surface area contributed by atoms with Crippen LogP contribution >= 0.6 is 15.9 Å². The summed E-state index contributed by atoms with van der Waals surface area (Å²) in [7, 11) is 0. The number of nitrogens with zero attached hydrogens (tertiary/aromatic N) is 1. The number of nitrogens with one attached hydrogen (secondary N) is 1. The highest BCUT2D eigenvalue weighted by molar-refractivity contribution is 9.10. The normalized spacial score (nSPS) is 18.4. The van der Waals surface area contributed by atoms with Gasteiger partial charge in [0.25, 0.3) is 5.91 Å². The van der Waals surface area contributed by atoms with E-state index in [4.69, 9.17) is 5.73 Å². The molecule has 21 heavy (non-hydrogen) atoms. The summed E-state index contributed by atoms with van der Waals surface area (Å²) in [5, 5.41) is 2.63. The van der Waals surface area contributed by atoms with E-state index in [9.17, 15) is 9.59 Å². The van der Waals surface area contributed by atoms with Crippen LogP contribution in [0.5, 0.6) is 0 Å². The summed E-state index contributed by atoms with van der Waals surface area (Å²) in [6.07, 6.45) is 1.94. The first-order chi connectivity index (χ1) is 9.99. The zero-order chi connectivity index (χ0) is 15.4. The highest BCUT2D eigenvalue weighted by atomic mass is 79.9. The molecule has 0 aromatic heterocycles. The zero-order valence-electron chi connectivity index (χ0n) is 12.1. The van der Waals surface area contributed by atoms with Crippen LogP contribution < -0.4 is 11.1 Å². The van der Waals surface area contributed by atoms with Gasteiger partial charge in [-0.1, -0.05) is 12.1 Å². The Bertz CT molecular complexity index is 548. The molecule has 1 aromatic carbocycles. The lowest BCUT2D eigenvalue weighted by molar-refractivity contribution is 0.0674. The second-order valence-corrected chi connectivity index (χ2v) is 6.23. The van der Waals surface area contributed by atoms with Gasteiger partial charge in [0.2, 0.25) is 0 Å². The van der Waals surface area contributed by atoms with E-state index in [0.717, 1.165) is 29.4 Å². The fourth-order valence-electron chi connectivity index (χ4n) is 2.64. The van der Waals surface area contributed by atoms with Gasteiger partial charge in [-0.25, -0.2) is 4.79 Å². The van der Waals surface area contributed by atoms with Crippen molar-refractivity contribution in [3.05, 3.63) is 33.8 Å². The van der Waals surface area contributed by atoms with Crippen molar-refractivity contribution in [2.24, 2.45) is 11.7 Å². The lowest BCUT2D eigenvalue weighted by Gasteiger charge is -2.33. The summed E-state index contributed by atoms with van der Waals surface area (Å²) in [5.41, 5.74) is 6.83. The molecule has 6 heteroatoms.